The van der Waals surface area contributed by atoms with E-state index in [9.17, 15) is 54.3 Å². The first-order valence-electron chi connectivity index (χ1n) is 23.6. The van der Waals surface area contributed by atoms with Gasteiger partial charge in [0.15, 0.2) is 22.9 Å². The van der Waals surface area contributed by atoms with Crippen LogP contribution < -0.4 is 30.2 Å². The molecule has 2 aromatic heterocycles. The molecular formula is C47H67N9O15S. The number of nitrogens with zero attached hydrogens (tertiary/aromatic N) is 6. The Labute approximate surface area is 421 Å². The zero-order chi connectivity index (χ0) is 52.5. The number of thioether (sulfide) groups is 1. The molecule has 3 amide bonds. The number of aryl methyl sites for hydroxylation is 2. The fourth-order valence-electron chi connectivity index (χ4n) is 8.33. The summed E-state index contributed by atoms with van der Waals surface area (Å²) in [6, 6.07) is 5.92. The third-order valence-corrected chi connectivity index (χ3v) is 13.1. The number of furan rings is 1. The Hall–Kier alpha value is -6.09. The number of β-amino-alcohol motifs (C(OH)–C–C–N with tert-alkyl or cyclic N) is 2. The molecule has 5 rings (SSSR count). The minimum atomic E-state index is -1.67. The van der Waals surface area contributed by atoms with E-state index < -0.39 is 42.1 Å². The van der Waals surface area contributed by atoms with Crippen molar-refractivity contribution >= 4 is 53.1 Å². The van der Waals surface area contributed by atoms with Crippen LogP contribution in [0.3, 0.4) is 0 Å². The summed E-state index contributed by atoms with van der Waals surface area (Å²) < 4.78 is 22.7. The van der Waals surface area contributed by atoms with Crippen LogP contribution >= 0.6 is 11.8 Å². The Morgan fingerprint density at radius 3 is 1.96 bits per heavy atom. The number of fused-ring (bicyclic) bond motifs is 1. The van der Waals surface area contributed by atoms with Crippen molar-refractivity contribution in [2.45, 2.75) is 75.8 Å². The molecule has 72 heavy (non-hydrogen) atoms. The number of hydrogen-bond donors (Lipinski definition) is 8. The molecule has 3 heterocycles. The SMILES string of the molecule is COc1nc(SCCC(=O)NCCC[C@@H](NC(=O)CN2CCN(CC(=O)O)CCN(CC(=O)O)CCN(CC(O)O)CC2)C(=O)O)nc(OC)c1NC(=O)c1ccc(Oc2cc3c(cc2C)CCC3(C)C)o1. The summed E-state index contributed by atoms with van der Waals surface area (Å²) in [4.78, 5) is 90.0. The predicted molar refractivity (Wildman–Crippen MR) is 261 cm³/mol. The van der Waals surface area contributed by atoms with Crippen molar-refractivity contribution in [3.63, 3.8) is 0 Å². The molecule has 0 bridgehead atoms. The van der Waals surface area contributed by atoms with Crippen LogP contribution in [0.2, 0.25) is 0 Å². The summed E-state index contributed by atoms with van der Waals surface area (Å²) in [7, 11) is 2.72. The summed E-state index contributed by atoms with van der Waals surface area (Å²) in [6.07, 6.45) is 0.635. The van der Waals surface area contributed by atoms with E-state index in [4.69, 9.17) is 18.6 Å². The van der Waals surface area contributed by atoms with Crippen molar-refractivity contribution in [2.75, 3.05) is 110 Å². The highest BCUT2D eigenvalue weighted by atomic mass is 32.2. The summed E-state index contributed by atoms with van der Waals surface area (Å²) >= 11 is 1.13. The number of benzene rings is 1. The molecule has 396 valence electrons. The summed E-state index contributed by atoms with van der Waals surface area (Å²) in [5.41, 5.74) is 3.56. The van der Waals surface area contributed by atoms with Gasteiger partial charge in [0.1, 0.15) is 11.8 Å². The zero-order valence-electron chi connectivity index (χ0n) is 41.3. The molecule has 3 aromatic rings. The van der Waals surface area contributed by atoms with Crippen molar-refractivity contribution in [1.82, 2.24) is 40.2 Å². The van der Waals surface area contributed by atoms with Crippen LogP contribution in [0.1, 0.15) is 66.8 Å². The number of hydrogen-bond acceptors (Lipinski definition) is 19. The lowest BCUT2D eigenvalue weighted by molar-refractivity contribution is -0.142. The Morgan fingerprint density at radius 1 is 0.819 bits per heavy atom. The second-order valence-electron chi connectivity index (χ2n) is 18.2. The lowest BCUT2D eigenvalue weighted by atomic mass is 9.86. The molecular weight excluding hydrogens is 963 g/mol. The normalized spacial score (nSPS) is 16.4. The highest BCUT2D eigenvalue weighted by Gasteiger charge is 2.31. The van der Waals surface area contributed by atoms with Crippen molar-refractivity contribution < 1.29 is 72.9 Å². The van der Waals surface area contributed by atoms with Crippen molar-refractivity contribution in [3.05, 3.63) is 46.7 Å². The van der Waals surface area contributed by atoms with E-state index in [0.29, 0.717) is 5.75 Å². The van der Waals surface area contributed by atoms with E-state index in [1.54, 1.807) is 25.7 Å². The van der Waals surface area contributed by atoms with Crippen LogP contribution in [0, 0.1) is 6.92 Å². The summed E-state index contributed by atoms with van der Waals surface area (Å²) in [6.45, 7) is 7.33. The van der Waals surface area contributed by atoms with E-state index in [1.165, 1.54) is 31.4 Å². The van der Waals surface area contributed by atoms with Gasteiger partial charge in [0.05, 0.1) is 33.9 Å². The van der Waals surface area contributed by atoms with Crippen molar-refractivity contribution in [2.24, 2.45) is 0 Å². The molecule has 0 spiro atoms. The highest BCUT2D eigenvalue weighted by Crippen LogP contribution is 2.42. The number of aliphatic carboxylic acids is 3. The molecule has 1 atom stereocenters. The molecule has 0 unspecified atom stereocenters. The second kappa shape index (κ2) is 27.1. The van der Waals surface area contributed by atoms with Crippen molar-refractivity contribution in [1.29, 1.82) is 0 Å². The average molecular weight is 1030 g/mol. The fraction of sp³-hybridized carbons (Fsp3) is 0.574. The number of methoxy groups -OCH3 is 2. The fourth-order valence-corrected chi connectivity index (χ4v) is 9.10. The number of aliphatic hydroxyl groups is 2. The monoisotopic (exact) mass is 1030 g/mol. The van der Waals surface area contributed by atoms with E-state index >= 15 is 0 Å². The first kappa shape index (κ1) is 56.8. The first-order chi connectivity index (χ1) is 34.2. The predicted octanol–water partition coefficient (Wildman–Crippen LogP) is 1.31. The van der Waals surface area contributed by atoms with Gasteiger partial charge in [-0.2, -0.15) is 9.97 Å². The van der Waals surface area contributed by atoms with Gasteiger partial charge in [-0.15, -0.1) is 0 Å². The maximum atomic E-state index is 13.3. The molecule has 2 aliphatic rings. The Bertz CT molecular complexity index is 2340. The van der Waals surface area contributed by atoms with Crippen LogP contribution in [0.5, 0.6) is 23.5 Å². The van der Waals surface area contributed by atoms with Gasteiger partial charge in [0.25, 0.3) is 11.9 Å². The van der Waals surface area contributed by atoms with Crippen molar-refractivity contribution in [3.8, 4) is 23.5 Å². The van der Waals surface area contributed by atoms with Crippen LogP contribution in [0.15, 0.2) is 33.8 Å². The topological polar surface area (TPSA) is 319 Å². The molecule has 1 saturated heterocycles. The van der Waals surface area contributed by atoms with E-state index in [0.717, 1.165) is 30.2 Å². The third kappa shape index (κ3) is 17.6. The molecule has 25 heteroatoms. The van der Waals surface area contributed by atoms with Gasteiger partial charge in [0, 0.05) is 83.7 Å². The number of carbonyl (C=O) groups is 6. The van der Waals surface area contributed by atoms with Crippen LogP contribution in [-0.2, 0) is 35.8 Å². The van der Waals surface area contributed by atoms with Gasteiger partial charge >= 0.3 is 17.9 Å². The van der Waals surface area contributed by atoms with E-state index in [-0.39, 0.29) is 156 Å². The van der Waals surface area contributed by atoms with Crippen LogP contribution in [0.4, 0.5) is 5.69 Å². The molecule has 0 radical (unpaired) electrons. The molecule has 0 saturated carbocycles. The van der Waals surface area contributed by atoms with Gasteiger partial charge in [-0.1, -0.05) is 31.7 Å². The van der Waals surface area contributed by atoms with E-state index in [1.807, 2.05) is 13.0 Å². The van der Waals surface area contributed by atoms with Crippen LogP contribution in [-0.4, -0.2) is 208 Å². The van der Waals surface area contributed by atoms with Gasteiger partial charge in [-0.05, 0) is 66.8 Å². The second-order valence-corrected chi connectivity index (χ2v) is 19.2. The standard InChI is InChI=1S/C47H67N9O15S/c1-29-23-30-10-12-47(2,3)31(30)24-34(29)71-40-9-8-33(70-40)42(65)50-41-43(68-4)51-46(52-44(41)69-5)72-22-11-35(57)48-13-6-7-32(45(66)67)49-36(58)25-53-14-16-54(26-37(59)60)18-20-56(28-39(63)64)21-19-55(17-15-53)27-38(61)62/h8-9,23-24,32,37,59-60H,6-7,10-22,25-28H2,1-5H3,(H,48,57)(H,49,58)(H,50,65)(H,61,62)(H,63,64)(H,66,67)/t32-/m1/s1. The summed E-state index contributed by atoms with van der Waals surface area (Å²) in [5.74, 6) is -4.02. The lowest BCUT2D eigenvalue weighted by Gasteiger charge is -2.33. The maximum absolute atomic E-state index is 13.3. The number of anilines is 1. The minimum absolute atomic E-state index is 0.000452. The Kier molecular flexibility index (Phi) is 21.4. The third-order valence-electron chi connectivity index (χ3n) is 12.2. The Morgan fingerprint density at radius 2 is 1.40 bits per heavy atom. The largest absolute Gasteiger partial charge is 0.480 e. The Balaban J connectivity index is 1.08. The zero-order valence-corrected chi connectivity index (χ0v) is 42.1. The number of carboxylic acids is 3. The van der Waals surface area contributed by atoms with Gasteiger partial charge in [-0.3, -0.25) is 43.6 Å². The van der Waals surface area contributed by atoms with Gasteiger partial charge in [-0.25, -0.2) is 4.79 Å². The lowest BCUT2D eigenvalue weighted by Crippen LogP contribution is -2.51. The number of aliphatic hydroxyl groups excluding tert-OH is 1. The molecule has 1 fully saturated rings. The number of ether oxygens (including phenoxy) is 3. The maximum Gasteiger partial charge on any atom is 0.326 e. The number of rotatable bonds is 24. The smallest absolute Gasteiger partial charge is 0.326 e. The minimum Gasteiger partial charge on any atom is -0.480 e. The molecule has 1 aromatic carbocycles. The van der Waals surface area contributed by atoms with Crippen LogP contribution in [0.25, 0.3) is 0 Å². The van der Waals surface area contributed by atoms with Gasteiger partial charge in [0.2, 0.25) is 23.6 Å². The number of nitrogens with one attached hydrogen (secondary N) is 3. The average Bonchev–Trinajstić information content (AvgIpc) is 3.90. The van der Waals surface area contributed by atoms with E-state index in [2.05, 4.69) is 45.8 Å². The molecule has 1 aliphatic heterocycles. The quantitative estimate of drug-likeness (QED) is 0.0271. The summed E-state index contributed by atoms with van der Waals surface area (Å²) in [5, 5.41) is 56.3. The number of carbonyl (C=O) groups excluding carboxylic acids is 3. The number of carboxylic acid groups (broad SMARTS) is 3. The number of aromatic nitrogens is 2. The highest BCUT2D eigenvalue weighted by molar-refractivity contribution is 7.99. The number of amides is 3. The molecule has 24 nitrogen and oxygen atoms in total. The first-order valence-corrected chi connectivity index (χ1v) is 24.6. The molecule has 8 N–H and O–H groups in total. The molecule has 1 aliphatic carbocycles. The van der Waals surface area contributed by atoms with Gasteiger partial charge < -0.3 is 60.1 Å².